The van der Waals surface area contributed by atoms with Gasteiger partial charge in [-0.05, 0) is 24.3 Å². The summed E-state index contributed by atoms with van der Waals surface area (Å²) in [5, 5.41) is 10.7. The van der Waals surface area contributed by atoms with Gasteiger partial charge in [0.15, 0.2) is 11.2 Å². The molecule has 3 heterocycles. The third kappa shape index (κ3) is 3.31. The second kappa shape index (κ2) is 7.02. The number of hydrogen-bond donors (Lipinski definition) is 1. The molecule has 29 heavy (non-hydrogen) atoms. The highest BCUT2D eigenvalue weighted by molar-refractivity contribution is 6.30. The number of halogens is 1. The molecule has 0 unspecified atom stereocenters. The fourth-order valence-electron chi connectivity index (χ4n) is 2.81. The zero-order valence-corrected chi connectivity index (χ0v) is 16.0. The Labute approximate surface area is 167 Å². The zero-order valence-electron chi connectivity index (χ0n) is 15.3. The van der Waals surface area contributed by atoms with Crippen LogP contribution in [0.1, 0.15) is 0 Å². The van der Waals surface area contributed by atoms with Gasteiger partial charge < -0.3 is 8.98 Å². The number of fused-ring (bicyclic) bond motifs is 1. The van der Waals surface area contributed by atoms with Crippen molar-refractivity contribution in [1.29, 1.82) is 0 Å². The summed E-state index contributed by atoms with van der Waals surface area (Å²) in [7, 11) is 2.86. The van der Waals surface area contributed by atoms with Gasteiger partial charge in [0.2, 0.25) is 11.8 Å². The lowest BCUT2D eigenvalue weighted by Gasteiger charge is -2.06. The first-order chi connectivity index (χ1) is 13.8. The second-order valence-electron chi connectivity index (χ2n) is 6.22. The van der Waals surface area contributed by atoms with E-state index in [9.17, 15) is 14.4 Å². The normalized spacial score (nSPS) is 11.1. The molecule has 0 radical (unpaired) electrons. The number of carbonyl (C=O) groups is 1. The summed E-state index contributed by atoms with van der Waals surface area (Å²) < 4.78 is 8.97. The highest BCUT2D eigenvalue weighted by Gasteiger charge is 2.17. The van der Waals surface area contributed by atoms with Gasteiger partial charge in [-0.25, -0.2) is 9.78 Å². The van der Waals surface area contributed by atoms with Crippen LogP contribution in [0.15, 0.2) is 44.6 Å². The minimum atomic E-state index is -0.545. The van der Waals surface area contributed by atoms with E-state index in [4.69, 9.17) is 16.0 Å². The van der Waals surface area contributed by atoms with Crippen molar-refractivity contribution >= 4 is 34.7 Å². The van der Waals surface area contributed by atoms with Gasteiger partial charge in [0.05, 0.1) is 6.33 Å². The first-order valence-electron chi connectivity index (χ1n) is 8.35. The molecular formula is C17H14ClN7O4. The quantitative estimate of drug-likeness (QED) is 0.521. The molecular weight excluding hydrogens is 402 g/mol. The predicted octanol–water partition coefficient (Wildman–Crippen LogP) is 0.776. The molecule has 0 aliphatic rings. The molecule has 1 amide bonds. The van der Waals surface area contributed by atoms with E-state index in [1.165, 1.54) is 29.6 Å². The molecule has 0 aliphatic carbocycles. The molecule has 11 nitrogen and oxygen atoms in total. The van der Waals surface area contributed by atoms with Crippen molar-refractivity contribution in [1.82, 2.24) is 28.9 Å². The van der Waals surface area contributed by atoms with Crippen LogP contribution in [0.2, 0.25) is 5.02 Å². The lowest BCUT2D eigenvalue weighted by Crippen LogP contribution is -2.37. The monoisotopic (exact) mass is 415 g/mol. The van der Waals surface area contributed by atoms with Gasteiger partial charge in [-0.2, -0.15) is 0 Å². The van der Waals surface area contributed by atoms with Crippen LogP contribution < -0.4 is 16.6 Å². The molecule has 4 aromatic rings. The van der Waals surface area contributed by atoms with Crippen LogP contribution in [-0.2, 0) is 25.4 Å². The Bertz CT molecular complexity index is 1350. The maximum absolute atomic E-state index is 12.4. The Morgan fingerprint density at radius 3 is 2.59 bits per heavy atom. The molecule has 0 saturated heterocycles. The second-order valence-corrected chi connectivity index (χ2v) is 6.65. The summed E-state index contributed by atoms with van der Waals surface area (Å²) in [5.41, 5.74) is -0.0766. The van der Waals surface area contributed by atoms with Gasteiger partial charge in [0, 0.05) is 24.7 Å². The van der Waals surface area contributed by atoms with Crippen LogP contribution in [0, 0.1) is 0 Å². The Hall–Kier alpha value is -3.73. The Balaban J connectivity index is 1.56. The molecule has 148 valence electrons. The molecule has 4 rings (SSSR count). The number of rotatable bonds is 4. The first kappa shape index (κ1) is 18.6. The van der Waals surface area contributed by atoms with Gasteiger partial charge in [0.1, 0.15) is 6.54 Å². The molecule has 0 fully saturated rings. The SMILES string of the molecule is Cn1c(=O)c2c(ncn2CC(=O)Nc2nnc(-c3ccc(Cl)cc3)o2)n(C)c1=O. The summed E-state index contributed by atoms with van der Waals surface area (Å²) in [6.45, 7) is -0.234. The summed E-state index contributed by atoms with van der Waals surface area (Å²) >= 11 is 5.85. The van der Waals surface area contributed by atoms with E-state index in [0.29, 0.717) is 10.6 Å². The topological polar surface area (TPSA) is 130 Å². The summed E-state index contributed by atoms with van der Waals surface area (Å²) in [4.78, 5) is 40.8. The predicted molar refractivity (Wildman–Crippen MR) is 104 cm³/mol. The van der Waals surface area contributed by atoms with Gasteiger partial charge in [-0.15, -0.1) is 5.10 Å². The molecule has 0 bridgehead atoms. The molecule has 0 aliphatic heterocycles. The van der Waals surface area contributed by atoms with E-state index in [1.54, 1.807) is 24.3 Å². The molecule has 0 atom stereocenters. The molecule has 1 N–H and O–H groups in total. The third-order valence-electron chi connectivity index (χ3n) is 4.29. The first-order valence-corrected chi connectivity index (χ1v) is 8.73. The van der Waals surface area contributed by atoms with Crippen molar-refractivity contribution in [2.24, 2.45) is 14.1 Å². The van der Waals surface area contributed by atoms with Gasteiger partial charge >= 0.3 is 11.7 Å². The number of amides is 1. The van der Waals surface area contributed by atoms with Crippen LogP contribution in [-0.4, -0.2) is 34.8 Å². The van der Waals surface area contributed by atoms with Crippen LogP contribution in [0.3, 0.4) is 0 Å². The van der Waals surface area contributed by atoms with Crippen LogP contribution in [0.25, 0.3) is 22.6 Å². The van der Waals surface area contributed by atoms with E-state index in [0.717, 1.165) is 4.57 Å². The highest BCUT2D eigenvalue weighted by atomic mass is 35.5. The summed E-state index contributed by atoms with van der Waals surface area (Å²) in [6, 6.07) is 6.68. The van der Waals surface area contributed by atoms with Crippen molar-refractivity contribution in [3.05, 3.63) is 56.5 Å². The molecule has 0 saturated carbocycles. The molecule has 1 aromatic carbocycles. The Morgan fingerprint density at radius 2 is 1.86 bits per heavy atom. The fraction of sp³-hybridized carbons (Fsp3) is 0.176. The molecule has 12 heteroatoms. The summed E-state index contributed by atoms with van der Waals surface area (Å²) in [5.74, 6) is -0.291. The van der Waals surface area contributed by atoms with Crippen molar-refractivity contribution in [3.8, 4) is 11.5 Å². The number of benzene rings is 1. The average Bonchev–Trinajstić information content (AvgIpc) is 3.32. The van der Waals surface area contributed by atoms with Crippen LogP contribution in [0.4, 0.5) is 6.01 Å². The van der Waals surface area contributed by atoms with Gasteiger partial charge in [-0.3, -0.25) is 24.0 Å². The minimum Gasteiger partial charge on any atom is -0.403 e. The van der Waals surface area contributed by atoms with Crippen LogP contribution in [0.5, 0.6) is 0 Å². The van der Waals surface area contributed by atoms with E-state index in [1.807, 2.05) is 0 Å². The maximum atomic E-state index is 12.4. The molecule has 0 spiro atoms. The number of hydrogen-bond acceptors (Lipinski definition) is 7. The smallest absolute Gasteiger partial charge is 0.332 e. The molecule has 3 aromatic heterocycles. The van der Waals surface area contributed by atoms with Crippen molar-refractivity contribution < 1.29 is 9.21 Å². The van der Waals surface area contributed by atoms with Crippen LogP contribution >= 0.6 is 11.6 Å². The van der Waals surface area contributed by atoms with E-state index < -0.39 is 17.2 Å². The zero-order chi connectivity index (χ0) is 20.7. The Morgan fingerprint density at radius 1 is 1.14 bits per heavy atom. The number of aromatic nitrogens is 6. The third-order valence-corrected chi connectivity index (χ3v) is 4.55. The number of anilines is 1. The standard InChI is InChI=1S/C17H14ClN7O4/c1-23-13-12(15(27)24(2)17(23)28)25(8-19-13)7-11(26)20-16-22-21-14(29-16)9-3-5-10(18)6-4-9/h3-6,8H,7H2,1-2H3,(H,20,22,26). The summed E-state index contributed by atoms with van der Waals surface area (Å²) in [6.07, 6.45) is 1.32. The lowest BCUT2D eigenvalue weighted by atomic mass is 10.2. The van der Waals surface area contributed by atoms with Crippen molar-refractivity contribution in [2.45, 2.75) is 6.54 Å². The minimum absolute atomic E-state index is 0.0929. The maximum Gasteiger partial charge on any atom is 0.332 e. The largest absolute Gasteiger partial charge is 0.403 e. The van der Waals surface area contributed by atoms with Gasteiger partial charge in [-0.1, -0.05) is 16.7 Å². The van der Waals surface area contributed by atoms with E-state index >= 15 is 0 Å². The fourth-order valence-corrected chi connectivity index (χ4v) is 2.94. The number of aryl methyl sites for hydroxylation is 1. The van der Waals surface area contributed by atoms with Crippen molar-refractivity contribution in [3.63, 3.8) is 0 Å². The Kier molecular flexibility index (Phi) is 4.51. The van der Waals surface area contributed by atoms with Crippen molar-refractivity contribution in [2.75, 3.05) is 5.32 Å². The average molecular weight is 416 g/mol. The lowest BCUT2D eigenvalue weighted by molar-refractivity contribution is -0.116. The van der Waals surface area contributed by atoms with E-state index in [-0.39, 0.29) is 29.6 Å². The number of imidazole rings is 1. The van der Waals surface area contributed by atoms with E-state index in [2.05, 4.69) is 20.5 Å². The number of nitrogens with zero attached hydrogens (tertiary/aromatic N) is 6. The number of nitrogens with one attached hydrogen (secondary N) is 1. The number of carbonyl (C=O) groups excluding carboxylic acids is 1. The highest BCUT2D eigenvalue weighted by Crippen LogP contribution is 2.21. The van der Waals surface area contributed by atoms with Gasteiger partial charge in [0.25, 0.3) is 5.56 Å².